The third kappa shape index (κ3) is 2.38. The summed E-state index contributed by atoms with van der Waals surface area (Å²) in [7, 11) is 0. The summed E-state index contributed by atoms with van der Waals surface area (Å²) in [5.41, 5.74) is 0. The summed E-state index contributed by atoms with van der Waals surface area (Å²) in [5.74, 6) is -0.811. The summed E-state index contributed by atoms with van der Waals surface area (Å²) in [6, 6.07) is 0. The van der Waals surface area contributed by atoms with E-state index in [4.69, 9.17) is 0 Å². The summed E-state index contributed by atoms with van der Waals surface area (Å²) in [4.78, 5) is 0. The molecule has 0 atom stereocenters. The zero-order chi connectivity index (χ0) is 8.48. The fraction of sp³-hybridized carbons (Fsp3) is 0.875. The number of hydrogen-bond donors (Lipinski definition) is 0. The molecule has 0 N–H and O–H groups in total. The maximum atomic E-state index is 12.0. The van der Waals surface area contributed by atoms with Crippen molar-refractivity contribution in [2.24, 2.45) is 11.8 Å². The highest BCUT2D eigenvalue weighted by Gasteiger charge is 2.40. The fourth-order valence-electron chi connectivity index (χ4n) is 1.49. The molecule has 1 aliphatic rings. The van der Waals surface area contributed by atoms with E-state index in [2.05, 4.69) is 6.92 Å². The predicted octanol–water partition coefficient (Wildman–Crippen LogP) is 3.19. The van der Waals surface area contributed by atoms with E-state index >= 15 is 0 Å². The standard InChI is InChI=1S/C8H12F3/c1-6-2-4-7(5-3-6)8(9,10)11/h6-7H,1-5H2. The molecule has 0 saturated heterocycles. The summed E-state index contributed by atoms with van der Waals surface area (Å²) in [6.45, 7) is 3.75. The van der Waals surface area contributed by atoms with Crippen LogP contribution < -0.4 is 0 Å². The van der Waals surface area contributed by atoms with Crippen molar-refractivity contribution in [3.8, 4) is 0 Å². The predicted molar refractivity (Wildman–Crippen MR) is 36.9 cm³/mol. The Morgan fingerprint density at radius 2 is 1.45 bits per heavy atom. The van der Waals surface area contributed by atoms with E-state index < -0.39 is 12.1 Å². The van der Waals surface area contributed by atoms with Gasteiger partial charge in [-0.3, -0.25) is 0 Å². The van der Waals surface area contributed by atoms with Crippen molar-refractivity contribution in [2.75, 3.05) is 0 Å². The van der Waals surface area contributed by atoms with Gasteiger partial charge in [0.2, 0.25) is 0 Å². The van der Waals surface area contributed by atoms with Gasteiger partial charge in [-0.05, 0) is 31.6 Å². The average Bonchev–Trinajstić information content (AvgIpc) is 1.86. The minimum absolute atomic E-state index is 0.244. The molecule has 0 spiro atoms. The highest BCUT2D eigenvalue weighted by Crippen LogP contribution is 2.38. The van der Waals surface area contributed by atoms with Gasteiger partial charge in [-0.25, -0.2) is 0 Å². The van der Waals surface area contributed by atoms with Crippen LogP contribution in [0.4, 0.5) is 13.2 Å². The SMILES string of the molecule is [CH2]C1CCC(C(F)(F)F)CC1. The Morgan fingerprint density at radius 1 is 1.00 bits per heavy atom. The highest BCUT2D eigenvalue weighted by atomic mass is 19.4. The van der Waals surface area contributed by atoms with Crippen molar-refractivity contribution in [1.29, 1.82) is 0 Å². The molecule has 1 saturated carbocycles. The van der Waals surface area contributed by atoms with Gasteiger partial charge in [0.15, 0.2) is 0 Å². The molecule has 1 aliphatic carbocycles. The van der Waals surface area contributed by atoms with E-state index in [-0.39, 0.29) is 18.8 Å². The van der Waals surface area contributed by atoms with Gasteiger partial charge >= 0.3 is 6.18 Å². The molecule has 1 fully saturated rings. The van der Waals surface area contributed by atoms with Gasteiger partial charge in [0.05, 0.1) is 5.92 Å². The van der Waals surface area contributed by atoms with Gasteiger partial charge in [-0.1, -0.05) is 6.92 Å². The molecule has 65 valence electrons. The van der Waals surface area contributed by atoms with Gasteiger partial charge in [0.1, 0.15) is 0 Å². The Morgan fingerprint density at radius 3 is 1.82 bits per heavy atom. The first-order valence-corrected chi connectivity index (χ1v) is 3.90. The van der Waals surface area contributed by atoms with Gasteiger partial charge in [0, 0.05) is 0 Å². The zero-order valence-corrected chi connectivity index (χ0v) is 6.32. The van der Waals surface area contributed by atoms with Crippen LogP contribution in [0.1, 0.15) is 25.7 Å². The lowest BCUT2D eigenvalue weighted by atomic mass is 9.83. The normalized spacial score (nSPS) is 33.8. The van der Waals surface area contributed by atoms with Crippen LogP contribution in [0.2, 0.25) is 0 Å². The van der Waals surface area contributed by atoms with Gasteiger partial charge in [-0.15, -0.1) is 0 Å². The number of rotatable bonds is 0. The lowest BCUT2D eigenvalue weighted by Gasteiger charge is -2.27. The summed E-state index contributed by atoms with van der Waals surface area (Å²) in [6.07, 6.45) is -2.16. The largest absolute Gasteiger partial charge is 0.391 e. The van der Waals surface area contributed by atoms with Crippen LogP contribution >= 0.6 is 0 Å². The molecular formula is C8H12F3. The van der Waals surface area contributed by atoms with Crippen molar-refractivity contribution in [2.45, 2.75) is 31.9 Å². The number of alkyl halides is 3. The van der Waals surface area contributed by atoms with Crippen LogP contribution in [0, 0.1) is 18.8 Å². The molecule has 0 amide bonds. The molecular weight excluding hydrogens is 153 g/mol. The Balaban J connectivity index is 2.39. The van der Waals surface area contributed by atoms with E-state index in [0.29, 0.717) is 12.8 Å². The van der Waals surface area contributed by atoms with E-state index in [1.807, 2.05) is 0 Å². The maximum absolute atomic E-state index is 12.0. The molecule has 0 bridgehead atoms. The van der Waals surface area contributed by atoms with Crippen molar-refractivity contribution >= 4 is 0 Å². The monoisotopic (exact) mass is 165 g/mol. The maximum Gasteiger partial charge on any atom is 0.391 e. The summed E-state index contributed by atoms with van der Waals surface area (Å²) >= 11 is 0. The third-order valence-corrected chi connectivity index (χ3v) is 2.31. The molecule has 0 aromatic rings. The van der Waals surface area contributed by atoms with Crippen LogP contribution in [0.5, 0.6) is 0 Å². The Bertz CT molecular complexity index is 120. The average molecular weight is 165 g/mol. The number of halogens is 3. The van der Waals surface area contributed by atoms with Crippen molar-refractivity contribution in [3.05, 3.63) is 6.92 Å². The topological polar surface area (TPSA) is 0 Å². The minimum atomic E-state index is -3.97. The number of hydrogen-bond acceptors (Lipinski definition) is 0. The second-order valence-corrected chi connectivity index (χ2v) is 3.26. The Labute approximate surface area is 64.8 Å². The smallest absolute Gasteiger partial charge is 0.171 e. The van der Waals surface area contributed by atoms with Crippen LogP contribution in [0.25, 0.3) is 0 Å². The van der Waals surface area contributed by atoms with Crippen molar-refractivity contribution in [1.82, 2.24) is 0 Å². The van der Waals surface area contributed by atoms with E-state index in [9.17, 15) is 13.2 Å². The first-order chi connectivity index (χ1) is 5.00. The van der Waals surface area contributed by atoms with Crippen LogP contribution in [-0.4, -0.2) is 6.18 Å². The molecule has 0 aromatic carbocycles. The molecule has 1 radical (unpaired) electrons. The molecule has 1 rings (SSSR count). The molecule has 0 unspecified atom stereocenters. The highest BCUT2D eigenvalue weighted by molar-refractivity contribution is 4.77. The molecule has 0 heterocycles. The minimum Gasteiger partial charge on any atom is -0.171 e. The molecule has 0 aliphatic heterocycles. The summed E-state index contributed by atoms with van der Waals surface area (Å²) in [5, 5.41) is 0. The van der Waals surface area contributed by atoms with Crippen LogP contribution in [0.3, 0.4) is 0 Å². The first kappa shape index (κ1) is 8.88. The quantitative estimate of drug-likeness (QED) is 0.517. The first-order valence-electron chi connectivity index (χ1n) is 3.90. The fourth-order valence-corrected chi connectivity index (χ4v) is 1.49. The van der Waals surface area contributed by atoms with Crippen molar-refractivity contribution < 1.29 is 13.2 Å². The van der Waals surface area contributed by atoms with Crippen LogP contribution in [0.15, 0.2) is 0 Å². The third-order valence-electron chi connectivity index (χ3n) is 2.31. The van der Waals surface area contributed by atoms with Crippen LogP contribution in [-0.2, 0) is 0 Å². The van der Waals surface area contributed by atoms with Crippen molar-refractivity contribution in [3.63, 3.8) is 0 Å². The molecule has 11 heavy (non-hydrogen) atoms. The lowest BCUT2D eigenvalue weighted by Crippen LogP contribution is -2.27. The molecule has 3 heteroatoms. The zero-order valence-electron chi connectivity index (χ0n) is 6.32. The summed E-state index contributed by atoms with van der Waals surface area (Å²) < 4.78 is 36.1. The van der Waals surface area contributed by atoms with Gasteiger partial charge in [-0.2, -0.15) is 13.2 Å². The van der Waals surface area contributed by atoms with E-state index in [1.165, 1.54) is 0 Å². The molecule has 0 nitrogen and oxygen atoms in total. The van der Waals surface area contributed by atoms with Gasteiger partial charge < -0.3 is 0 Å². The Kier molecular flexibility index (Phi) is 2.45. The van der Waals surface area contributed by atoms with E-state index in [0.717, 1.165) is 0 Å². The van der Waals surface area contributed by atoms with E-state index in [1.54, 1.807) is 0 Å². The lowest BCUT2D eigenvalue weighted by molar-refractivity contribution is -0.183. The molecule has 0 aromatic heterocycles. The Hall–Kier alpha value is -0.210. The van der Waals surface area contributed by atoms with Gasteiger partial charge in [0.25, 0.3) is 0 Å². The second-order valence-electron chi connectivity index (χ2n) is 3.26. The second kappa shape index (κ2) is 3.03.